The summed E-state index contributed by atoms with van der Waals surface area (Å²) in [4.78, 5) is 19.5. The molecule has 120 valence electrons. The molecule has 0 saturated carbocycles. The molecule has 0 fully saturated rings. The first-order valence-electron chi connectivity index (χ1n) is 7.86. The molecule has 0 spiro atoms. The first-order valence-corrected chi connectivity index (χ1v) is 8.68. The normalized spacial score (nSPS) is 10.7. The summed E-state index contributed by atoms with van der Waals surface area (Å²) in [6.07, 6.45) is 5.48. The van der Waals surface area contributed by atoms with E-state index in [4.69, 9.17) is 11.4 Å². The lowest BCUT2D eigenvalue weighted by Gasteiger charge is -2.09. The first-order chi connectivity index (χ1) is 12.3. The molecule has 2 aromatic heterocycles. The Morgan fingerprint density at radius 2 is 1.64 bits per heavy atom. The van der Waals surface area contributed by atoms with E-state index in [2.05, 4.69) is 5.92 Å². The van der Waals surface area contributed by atoms with Crippen molar-refractivity contribution in [2.45, 2.75) is 6.54 Å². The Labute approximate surface area is 149 Å². The van der Waals surface area contributed by atoms with Crippen LogP contribution < -0.4 is 5.56 Å². The van der Waals surface area contributed by atoms with Gasteiger partial charge in [-0.25, -0.2) is 4.98 Å². The van der Waals surface area contributed by atoms with Crippen LogP contribution in [0.5, 0.6) is 0 Å². The van der Waals surface area contributed by atoms with Crippen molar-refractivity contribution in [2.24, 2.45) is 0 Å². The van der Waals surface area contributed by atoms with Crippen LogP contribution in [-0.2, 0) is 6.54 Å². The molecule has 0 bridgehead atoms. The standard InChI is InChI=1S/C21H14N2OS/c1-2-13-23-19(16-11-7-4-8-12-16)22-20-17(21(23)24)14-18(25-20)15-9-5-3-6-10-15/h1,3-12,14H,13H2. The van der Waals surface area contributed by atoms with E-state index in [-0.39, 0.29) is 12.1 Å². The van der Waals surface area contributed by atoms with Crippen molar-refractivity contribution in [1.82, 2.24) is 9.55 Å². The summed E-state index contributed by atoms with van der Waals surface area (Å²) in [7, 11) is 0. The summed E-state index contributed by atoms with van der Waals surface area (Å²) in [5.41, 5.74) is 1.86. The van der Waals surface area contributed by atoms with Crippen molar-refractivity contribution in [3.8, 4) is 34.2 Å². The third-order valence-corrected chi connectivity index (χ3v) is 5.07. The lowest BCUT2D eigenvalue weighted by Crippen LogP contribution is -2.22. The monoisotopic (exact) mass is 342 g/mol. The smallest absolute Gasteiger partial charge is 0.263 e. The van der Waals surface area contributed by atoms with Gasteiger partial charge in [0.1, 0.15) is 10.7 Å². The fourth-order valence-corrected chi connectivity index (χ4v) is 3.83. The van der Waals surface area contributed by atoms with Crippen LogP contribution >= 0.6 is 11.3 Å². The summed E-state index contributed by atoms with van der Waals surface area (Å²) in [6, 6.07) is 21.6. The molecule has 0 N–H and O–H groups in total. The van der Waals surface area contributed by atoms with E-state index in [1.165, 1.54) is 11.3 Å². The number of aromatic nitrogens is 2. The maximum atomic E-state index is 13.0. The number of terminal acetylenes is 1. The second-order valence-electron chi connectivity index (χ2n) is 5.59. The van der Waals surface area contributed by atoms with Gasteiger partial charge in [-0.15, -0.1) is 17.8 Å². The minimum atomic E-state index is -0.0970. The number of benzene rings is 2. The number of rotatable bonds is 3. The topological polar surface area (TPSA) is 34.9 Å². The Morgan fingerprint density at radius 3 is 2.28 bits per heavy atom. The van der Waals surface area contributed by atoms with Gasteiger partial charge in [-0.05, 0) is 11.6 Å². The number of fused-ring (bicyclic) bond motifs is 1. The van der Waals surface area contributed by atoms with E-state index in [9.17, 15) is 4.79 Å². The summed E-state index contributed by atoms with van der Waals surface area (Å²) in [6.45, 7) is 0.197. The van der Waals surface area contributed by atoms with E-state index in [0.717, 1.165) is 20.8 Å². The van der Waals surface area contributed by atoms with Crippen molar-refractivity contribution in [1.29, 1.82) is 0 Å². The average molecular weight is 342 g/mol. The SMILES string of the molecule is C#CCn1c(-c2ccccc2)nc2sc(-c3ccccc3)cc2c1=O. The van der Waals surface area contributed by atoms with E-state index in [0.29, 0.717) is 11.2 Å². The average Bonchev–Trinajstić information content (AvgIpc) is 3.10. The number of thiophene rings is 1. The molecule has 3 nitrogen and oxygen atoms in total. The van der Waals surface area contributed by atoms with Crippen molar-refractivity contribution < 1.29 is 0 Å². The lowest BCUT2D eigenvalue weighted by atomic mass is 10.2. The molecule has 0 amide bonds. The Morgan fingerprint density at radius 1 is 1.00 bits per heavy atom. The minimum absolute atomic E-state index is 0.0970. The molecule has 0 aliphatic rings. The summed E-state index contributed by atoms with van der Waals surface area (Å²) < 4.78 is 1.57. The molecule has 0 saturated heterocycles. The molecule has 25 heavy (non-hydrogen) atoms. The lowest BCUT2D eigenvalue weighted by molar-refractivity contribution is 0.796. The Bertz CT molecular complexity index is 1140. The largest absolute Gasteiger partial charge is 0.280 e. The van der Waals surface area contributed by atoms with Gasteiger partial charge in [0.15, 0.2) is 0 Å². The molecule has 0 unspecified atom stereocenters. The van der Waals surface area contributed by atoms with Gasteiger partial charge < -0.3 is 0 Å². The molecule has 4 rings (SSSR count). The fourth-order valence-electron chi connectivity index (χ4n) is 2.81. The predicted octanol–water partition coefficient (Wildman–Crippen LogP) is 4.43. The molecule has 2 heterocycles. The second-order valence-corrected chi connectivity index (χ2v) is 6.62. The van der Waals surface area contributed by atoms with Gasteiger partial charge in [0.25, 0.3) is 5.56 Å². The molecule has 0 atom stereocenters. The van der Waals surface area contributed by atoms with Crippen molar-refractivity contribution in [3.63, 3.8) is 0 Å². The van der Waals surface area contributed by atoms with Gasteiger partial charge in [-0.2, -0.15) is 0 Å². The molecular formula is C21H14N2OS. The third-order valence-electron chi connectivity index (χ3n) is 3.99. The number of hydrogen-bond acceptors (Lipinski definition) is 3. The second kappa shape index (κ2) is 6.39. The van der Waals surface area contributed by atoms with Gasteiger partial charge in [-0.1, -0.05) is 66.6 Å². The number of nitrogens with zero attached hydrogens (tertiary/aromatic N) is 2. The minimum Gasteiger partial charge on any atom is -0.280 e. The summed E-state index contributed by atoms with van der Waals surface area (Å²) >= 11 is 1.52. The Hall–Kier alpha value is -3.16. The summed E-state index contributed by atoms with van der Waals surface area (Å²) in [5, 5.41) is 0.610. The van der Waals surface area contributed by atoms with Crippen LogP contribution in [0.25, 0.3) is 32.0 Å². The highest BCUT2D eigenvalue weighted by Crippen LogP contribution is 2.32. The van der Waals surface area contributed by atoms with E-state index in [1.807, 2.05) is 66.7 Å². The maximum Gasteiger partial charge on any atom is 0.263 e. The van der Waals surface area contributed by atoms with E-state index < -0.39 is 0 Å². The zero-order chi connectivity index (χ0) is 17.2. The van der Waals surface area contributed by atoms with Crippen LogP contribution in [0.15, 0.2) is 71.5 Å². The highest BCUT2D eigenvalue weighted by atomic mass is 32.1. The first kappa shape index (κ1) is 15.4. The van der Waals surface area contributed by atoms with Crippen LogP contribution in [0.2, 0.25) is 0 Å². The zero-order valence-corrected chi connectivity index (χ0v) is 14.2. The van der Waals surface area contributed by atoms with Crippen LogP contribution in [0, 0.1) is 12.3 Å². The van der Waals surface area contributed by atoms with Crippen molar-refractivity contribution >= 4 is 21.6 Å². The quantitative estimate of drug-likeness (QED) is 0.516. The Kier molecular flexibility index (Phi) is 3.93. The van der Waals surface area contributed by atoms with Gasteiger partial charge in [0, 0.05) is 10.4 Å². The van der Waals surface area contributed by atoms with Crippen LogP contribution in [0.4, 0.5) is 0 Å². The molecule has 2 aromatic carbocycles. The van der Waals surface area contributed by atoms with Gasteiger partial charge in [0.2, 0.25) is 0 Å². The van der Waals surface area contributed by atoms with E-state index >= 15 is 0 Å². The fraction of sp³-hybridized carbons (Fsp3) is 0.0476. The molecule has 4 heteroatoms. The van der Waals surface area contributed by atoms with E-state index in [1.54, 1.807) is 4.57 Å². The number of hydrogen-bond donors (Lipinski definition) is 0. The molecule has 0 radical (unpaired) electrons. The summed E-state index contributed by atoms with van der Waals surface area (Å²) in [5.74, 6) is 3.17. The van der Waals surface area contributed by atoms with Crippen molar-refractivity contribution in [2.75, 3.05) is 0 Å². The van der Waals surface area contributed by atoms with Gasteiger partial charge in [-0.3, -0.25) is 9.36 Å². The van der Waals surface area contributed by atoms with Gasteiger partial charge >= 0.3 is 0 Å². The van der Waals surface area contributed by atoms with Crippen LogP contribution in [0.3, 0.4) is 0 Å². The molecule has 0 aliphatic carbocycles. The maximum absolute atomic E-state index is 13.0. The zero-order valence-electron chi connectivity index (χ0n) is 13.3. The predicted molar refractivity (Wildman–Crippen MR) is 104 cm³/mol. The highest BCUT2D eigenvalue weighted by molar-refractivity contribution is 7.21. The third kappa shape index (κ3) is 2.75. The highest BCUT2D eigenvalue weighted by Gasteiger charge is 2.15. The molecule has 4 aromatic rings. The molecular weight excluding hydrogens is 328 g/mol. The van der Waals surface area contributed by atoms with Gasteiger partial charge in [0.05, 0.1) is 11.9 Å². The molecule has 0 aliphatic heterocycles. The van der Waals surface area contributed by atoms with Crippen LogP contribution in [0.1, 0.15) is 0 Å². The van der Waals surface area contributed by atoms with Crippen LogP contribution in [-0.4, -0.2) is 9.55 Å². The van der Waals surface area contributed by atoms with Crippen molar-refractivity contribution in [3.05, 3.63) is 77.1 Å². The Balaban J connectivity index is 1.99.